The summed E-state index contributed by atoms with van der Waals surface area (Å²) < 4.78 is 0. The first-order chi connectivity index (χ1) is 7.88. The van der Waals surface area contributed by atoms with Crippen molar-refractivity contribution < 1.29 is 0 Å². The van der Waals surface area contributed by atoms with Crippen LogP contribution in [-0.4, -0.2) is 20.2 Å². The molecule has 0 spiro atoms. The van der Waals surface area contributed by atoms with Gasteiger partial charge in [-0.2, -0.15) is 0 Å². The number of nitrogens with zero attached hydrogens (tertiary/aromatic N) is 4. The zero-order chi connectivity index (χ0) is 11.0. The minimum atomic E-state index is 0.754. The van der Waals surface area contributed by atoms with Gasteiger partial charge < -0.3 is 0 Å². The van der Waals surface area contributed by atoms with E-state index in [1.165, 1.54) is 0 Å². The van der Waals surface area contributed by atoms with Crippen LogP contribution in [0.5, 0.6) is 0 Å². The van der Waals surface area contributed by atoms with E-state index in [2.05, 4.69) is 20.2 Å². The Morgan fingerprint density at radius 2 is 1.94 bits per heavy atom. The molecular weight excluding hydrogens is 200 g/mol. The third-order valence-electron chi connectivity index (χ3n) is 2.56. The fraction of sp³-hybridized carbons (Fsp3) is 0.167. The molecule has 0 saturated carbocycles. The normalized spacial score (nSPS) is 11.1. The maximum atomic E-state index is 4.41. The van der Waals surface area contributed by atoms with Gasteiger partial charge in [-0.1, -0.05) is 25.1 Å². The van der Waals surface area contributed by atoms with Crippen molar-refractivity contribution in [2.75, 3.05) is 0 Å². The number of para-hydroxylation sites is 1. The van der Waals surface area contributed by atoms with Crippen molar-refractivity contribution in [2.24, 2.45) is 0 Å². The molecule has 0 saturated heterocycles. The Bertz CT molecular complexity index is 663. The van der Waals surface area contributed by atoms with Crippen molar-refractivity contribution in [2.45, 2.75) is 13.3 Å². The molecule has 0 unspecified atom stereocenters. The lowest BCUT2D eigenvalue weighted by atomic mass is 10.2. The molecule has 0 aliphatic rings. The molecule has 0 aliphatic carbocycles. The first-order valence-electron chi connectivity index (χ1n) is 5.25. The van der Waals surface area contributed by atoms with E-state index in [-0.39, 0.29) is 0 Å². The summed E-state index contributed by atoms with van der Waals surface area (Å²) in [5.74, 6) is 0.754. The summed E-state index contributed by atoms with van der Waals surface area (Å²) in [7, 11) is 0. The third-order valence-corrected chi connectivity index (χ3v) is 2.56. The van der Waals surface area contributed by atoms with Crippen LogP contribution in [-0.2, 0) is 6.42 Å². The van der Waals surface area contributed by atoms with Gasteiger partial charge in [0.1, 0.15) is 11.0 Å². The topological polar surface area (TPSA) is 51.6 Å². The zero-order valence-corrected chi connectivity index (χ0v) is 8.88. The molecule has 0 N–H and O–H groups in total. The summed E-state index contributed by atoms with van der Waals surface area (Å²) in [4.78, 5) is 8.76. The van der Waals surface area contributed by atoms with Crippen molar-refractivity contribution in [3.8, 4) is 0 Å². The number of fused-ring (bicyclic) bond motifs is 3. The van der Waals surface area contributed by atoms with Crippen molar-refractivity contribution in [3.05, 3.63) is 36.3 Å². The van der Waals surface area contributed by atoms with Crippen molar-refractivity contribution in [1.29, 1.82) is 0 Å². The Balaban J connectivity index is 2.43. The molecular formula is C12H10N4. The molecule has 0 bridgehead atoms. The molecule has 4 nitrogen and oxygen atoms in total. The van der Waals surface area contributed by atoms with Gasteiger partial charge in [0.15, 0.2) is 5.82 Å². The van der Waals surface area contributed by atoms with E-state index in [9.17, 15) is 0 Å². The van der Waals surface area contributed by atoms with E-state index in [4.69, 9.17) is 0 Å². The SMILES string of the molecule is CCc1nnc2c(cnc3ccccc32)n1. The van der Waals surface area contributed by atoms with Crippen LogP contribution in [0.3, 0.4) is 0 Å². The number of benzene rings is 1. The van der Waals surface area contributed by atoms with E-state index in [1.54, 1.807) is 6.20 Å². The van der Waals surface area contributed by atoms with E-state index < -0.39 is 0 Å². The monoisotopic (exact) mass is 210 g/mol. The Morgan fingerprint density at radius 3 is 2.81 bits per heavy atom. The van der Waals surface area contributed by atoms with Crippen LogP contribution in [0.4, 0.5) is 0 Å². The molecule has 0 atom stereocenters. The van der Waals surface area contributed by atoms with Crippen LogP contribution in [0.2, 0.25) is 0 Å². The molecule has 0 radical (unpaired) electrons. The lowest BCUT2D eigenvalue weighted by Gasteiger charge is -2.01. The van der Waals surface area contributed by atoms with Gasteiger partial charge in [0.2, 0.25) is 0 Å². The number of aryl methyl sites for hydroxylation is 1. The first-order valence-corrected chi connectivity index (χ1v) is 5.25. The highest BCUT2D eigenvalue weighted by molar-refractivity contribution is 6.00. The molecule has 3 aromatic rings. The predicted molar refractivity (Wildman–Crippen MR) is 62.0 cm³/mol. The van der Waals surface area contributed by atoms with Gasteiger partial charge >= 0.3 is 0 Å². The molecule has 16 heavy (non-hydrogen) atoms. The van der Waals surface area contributed by atoms with Crippen molar-refractivity contribution in [1.82, 2.24) is 20.2 Å². The quantitative estimate of drug-likeness (QED) is 0.577. The molecule has 0 fully saturated rings. The van der Waals surface area contributed by atoms with Crippen LogP contribution in [0.15, 0.2) is 30.5 Å². The van der Waals surface area contributed by atoms with Crippen LogP contribution in [0.25, 0.3) is 21.9 Å². The number of hydrogen-bond donors (Lipinski definition) is 0. The maximum Gasteiger partial charge on any atom is 0.151 e. The zero-order valence-electron chi connectivity index (χ0n) is 8.88. The summed E-state index contributed by atoms with van der Waals surface area (Å²) in [6.07, 6.45) is 2.54. The van der Waals surface area contributed by atoms with E-state index >= 15 is 0 Å². The molecule has 4 heteroatoms. The summed E-state index contributed by atoms with van der Waals surface area (Å²) in [6.45, 7) is 2.01. The highest BCUT2D eigenvalue weighted by atomic mass is 15.2. The summed E-state index contributed by atoms with van der Waals surface area (Å²) in [5, 5.41) is 9.32. The van der Waals surface area contributed by atoms with E-state index in [1.807, 2.05) is 31.2 Å². The molecule has 1 aromatic carbocycles. The minimum absolute atomic E-state index is 0.754. The predicted octanol–water partition coefficient (Wildman–Crippen LogP) is 2.14. The number of aromatic nitrogens is 4. The molecule has 3 rings (SSSR count). The van der Waals surface area contributed by atoms with Crippen LogP contribution < -0.4 is 0 Å². The largest absolute Gasteiger partial charge is 0.254 e. The molecule has 2 aromatic heterocycles. The molecule has 78 valence electrons. The van der Waals surface area contributed by atoms with Gasteiger partial charge in [0.25, 0.3) is 0 Å². The van der Waals surface area contributed by atoms with Gasteiger partial charge in [-0.25, -0.2) is 4.98 Å². The third kappa shape index (κ3) is 1.31. The second kappa shape index (κ2) is 3.48. The van der Waals surface area contributed by atoms with Gasteiger partial charge in [-0.05, 0) is 6.07 Å². The van der Waals surface area contributed by atoms with Crippen molar-refractivity contribution in [3.63, 3.8) is 0 Å². The second-order valence-corrected chi connectivity index (χ2v) is 3.59. The summed E-state index contributed by atoms with van der Waals surface area (Å²) in [5.41, 5.74) is 2.56. The summed E-state index contributed by atoms with van der Waals surface area (Å²) in [6, 6.07) is 7.89. The highest BCUT2D eigenvalue weighted by Crippen LogP contribution is 2.19. The summed E-state index contributed by atoms with van der Waals surface area (Å²) >= 11 is 0. The Hall–Kier alpha value is -2.10. The van der Waals surface area contributed by atoms with E-state index in [0.717, 1.165) is 34.2 Å². The lowest BCUT2D eigenvalue weighted by Crippen LogP contribution is -1.97. The molecule has 0 aliphatic heterocycles. The fourth-order valence-corrected chi connectivity index (χ4v) is 1.72. The molecule has 2 heterocycles. The van der Waals surface area contributed by atoms with Crippen LogP contribution in [0, 0.1) is 0 Å². The van der Waals surface area contributed by atoms with E-state index in [0.29, 0.717) is 0 Å². The van der Waals surface area contributed by atoms with Gasteiger partial charge in [-0.15, -0.1) is 10.2 Å². The van der Waals surface area contributed by atoms with Crippen molar-refractivity contribution >= 4 is 21.9 Å². The number of rotatable bonds is 1. The van der Waals surface area contributed by atoms with Gasteiger partial charge in [0.05, 0.1) is 11.7 Å². The Labute approximate surface area is 92.4 Å². The Kier molecular flexibility index (Phi) is 1.99. The van der Waals surface area contributed by atoms with Gasteiger partial charge in [0, 0.05) is 11.8 Å². The first kappa shape index (κ1) is 9.15. The average Bonchev–Trinajstić information content (AvgIpc) is 2.38. The lowest BCUT2D eigenvalue weighted by molar-refractivity contribution is 0.881. The number of pyridine rings is 1. The molecule has 0 amide bonds. The second-order valence-electron chi connectivity index (χ2n) is 3.59. The number of hydrogen-bond acceptors (Lipinski definition) is 4. The average molecular weight is 210 g/mol. The fourth-order valence-electron chi connectivity index (χ4n) is 1.72. The minimum Gasteiger partial charge on any atom is -0.254 e. The standard InChI is InChI=1S/C12H10N4/c1-2-11-14-10-7-13-9-6-4-3-5-8(9)12(10)16-15-11/h3-7H,2H2,1H3. The van der Waals surface area contributed by atoms with Gasteiger partial charge in [-0.3, -0.25) is 4.98 Å². The van der Waals surface area contributed by atoms with Crippen LogP contribution in [0.1, 0.15) is 12.7 Å². The smallest absolute Gasteiger partial charge is 0.151 e. The Morgan fingerprint density at radius 1 is 1.06 bits per heavy atom. The van der Waals surface area contributed by atoms with Crippen LogP contribution >= 0.6 is 0 Å². The highest BCUT2D eigenvalue weighted by Gasteiger charge is 2.05. The maximum absolute atomic E-state index is 4.41.